The Morgan fingerprint density at radius 1 is 0.917 bits per heavy atom. The van der Waals surface area contributed by atoms with Crippen molar-refractivity contribution in [3.05, 3.63) is 93.8 Å². The van der Waals surface area contributed by atoms with E-state index in [1.54, 1.807) is 67.7 Å². The molecule has 1 aromatic heterocycles. The molecule has 5 rings (SSSR count). The largest absolute Gasteiger partial charge is 0.497 e. The van der Waals surface area contributed by atoms with Crippen LogP contribution in [0.15, 0.2) is 75.9 Å². The van der Waals surface area contributed by atoms with Crippen LogP contribution in [0.3, 0.4) is 0 Å². The van der Waals surface area contributed by atoms with Gasteiger partial charge in [0.05, 0.1) is 37.8 Å². The monoisotopic (exact) mass is 485 g/mol. The highest BCUT2D eigenvalue weighted by atomic mass is 16.5. The van der Waals surface area contributed by atoms with Crippen molar-refractivity contribution in [3.63, 3.8) is 0 Å². The number of anilines is 1. The molecule has 0 saturated heterocycles. The zero-order valence-electron chi connectivity index (χ0n) is 20.6. The van der Waals surface area contributed by atoms with E-state index in [9.17, 15) is 9.59 Å². The fourth-order valence-electron chi connectivity index (χ4n) is 4.47. The summed E-state index contributed by atoms with van der Waals surface area (Å²) in [6.07, 6.45) is 0. The minimum absolute atomic E-state index is 0.0404. The second kappa shape index (κ2) is 9.41. The molecule has 36 heavy (non-hydrogen) atoms. The quantitative estimate of drug-likeness (QED) is 0.339. The second-order valence-corrected chi connectivity index (χ2v) is 9.06. The van der Waals surface area contributed by atoms with Crippen LogP contribution in [0, 0.1) is 5.92 Å². The average molecular weight is 486 g/mol. The Bertz CT molecular complexity index is 1490. The molecule has 1 atom stereocenters. The van der Waals surface area contributed by atoms with Crippen molar-refractivity contribution in [2.24, 2.45) is 5.92 Å². The zero-order valence-corrected chi connectivity index (χ0v) is 20.6. The van der Waals surface area contributed by atoms with E-state index in [1.807, 2.05) is 18.2 Å². The first-order valence-electron chi connectivity index (χ1n) is 11.8. The first-order valence-corrected chi connectivity index (χ1v) is 11.8. The smallest absolute Gasteiger partial charge is 0.295 e. The van der Waals surface area contributed by atoms with Crippen molar-refractivity contribution in [2.75, 3.05) is 25.7 Å². The molecular formula is C29H27NO6. The molecule has 2 heterocycles. The highest BCUT2D eigenvalue weighted by Gasteiger charge is 2.44. The summed E-state index contributed by atoms with van der Waals surface area (Å²) in [7, 11) is 3.15. The molecule has 0 radical (unpaired) electrons. The number of carbonyl (C=O) groups excluding carboxylic acids is 1. The molecular weight excluding hydrogens is 458 g/mol. The SMILES string of the molecule is COc1ccc(N2C(=O)c3oc4ccccc4c(=O)c3C2c2ccc(OCC(C)C)c(OC)c2)cc1. The molecule has 7 nitrogen and oxygen atoms in total. The van der Waals surface area contributed by atoms with Crippen LogP contribution in [0.2, 0.25) is 0 Å². The first-order chi connectivity index (χ1) is 17.4. The molecule has 0 aliphatic carbocycles. The van der Waals surface area contributed by atoms with E-state index in [2.05, 4.69) is 13.8 Å². The summed E-state index contributed by atoms with van der Waals surface area (Å²) in [5, 5.41) is 0.425. The molecule has 0 spiro atoms. The molecule has 1 aliphatic rings. The number of fused-ring (bicyclic) bond motifs is 2. The van der Waals surface area contributed by atoms with Gasteiger partial charge in [0.1, 0.15) is 11.3 Å². The van der Waals surface area contributed by atoms with Gasteiger partial charge in [0.2, 0.25) is 5.76 Å². The number of methoxy groups -OCH3 is 2. The number of nitrogens with zero attached hydrogens (tertiary/aromatic N) is 1. The van der Waals surface area contributed by atoms with Crippen LogP contribution < -0.4 is 24.5 Å². The number of hydrogen-bond acceptors (Lipinski definition) is 6. The van der Waals surface area contributed by atoms with Crippen molar-refractivity contribution >= 4 is 22.6 Å². The van der Waals surface area contributed by atoms with E-state index >= 15 is 0 Å². The lowest BCUT2D eigenvalue weighted by molar-refractivity contribution is 0.0971. The Morgan fingerprint density at radius 3 is 2.36 bits per heavy atom. The van der Waals surface area contributed by atoms with Gasteiger partial charge in [-0.05, 0) is 60.0 Å². The van der Waals surface area contributed by atoms with Gasteiger partial charge in [0, 0.05) is 5.69 Å². The Kier molecular flexibility index (Phi) is 6.14. The van der Waals surface area contributed by atoms with Crippen LogP contribution in [0.4, 0.5) is 5.69 Å². The molecule has 3 aromatic carbocycles. The topological polar surface area (TPSA) is 78.2 Å². The van der Waals surface area contributed by atoms with Crippen LogP contribution in [-0.4, -0.2) is 26.7 Å². The number of benzene rings is 3. The summed E-state index contributed by atoms with van der Waals surface area (Å²) in [6.45, 7) is 4.67. The van der Waals surface area contributed by atoms with Gasteiger partial charge >= 0.3 is 0 Å². The maximum absolute atomic E-state index is 13.7. The second-order valence-electron chi connectivity index (χ2n) is 9.06. The molecule has 1 unspecified atom stereocenters. The number of ether oxygens (including phenoxy) is 3. The van der Waals surface area contributed by atoms with Gasteiger partial charge < -0.3 is 18.6 Å². The van der Waals surface area contributed by atoms with E-state index in [-0.39, 0.29) is 17.1 Å². The summed E-state index contributed by atoms with van der Waals surface area (Å²) in [5.74, 6) is 1.78. The summed E-state index contributed by atoms with van der Waals surface area (Å²) in [5.41, 5.74) is 1.75. The molecule has 0 bridgehead atoms. The minimum Gasteiger partial charge on any atom is -0.497 e. The zero-order chi connectivity index (χ0) is 25.4. The molecule has 0 fully saturated rings. The van der Waals surface area contributed by atoms with Crippen LogP contribution >= 0.6 is 0 Å². The number of carbonyl (C=O) groups is 1. The van der Waals surface area contributed by atoms with Gasteiger partial charge in [-0.25, -0.2) is 0 Å². The predicted molar refractivity (Wildman–Crippen MR) is 137 cm³/mol. The summed E-state index contributed by atoms with van der Waals surface area (Å²) >= 11 is 0. The Hall–Kier alpha value is -4.26. The Morgan fingerprint density at radius 2 is 1.67 bits per heavy atom. The average Bonchev–Trinajstić information content (AvgIpc) is 3.19. The van der Waals surface area contributed by atoms with Crippen molar-refractivity contribution in [3.8, 4) is 17.2 Å². The van der Waals surface area contributed by atoms with E-state index in [1.165, 1.54) is 0 Å². The lowest BCUT2D eigenvalue weighted by Gasteiger charge is -2.26. The van der Waals surface area contributed by atoms with Crippen molar-refractivity contribution in [1.82, 2.24) is 0 Å². The van der Waals surface area contributed by atoms with Crippen molar-refractivity contribution in [1.29, 1.82) is 0 Å². The van der Waals surface area contributed by atoms with Gasteiger partial charge in [-0.2, -0.15) is 0 Å². The molecule has 4 aromatic rings. The molecule has 184 valence electrons. The van der Waals surface area contributed by atoms with Gasteiger partial charge in [0.15, 0.2) is 16.9 Å². The molecule has 0 N–H and O–H groups in total. The third-order valence-corrected chi connectivity index (χ3v) is 6.20. The normalized spacial score (nSPS) is 14.9. The fourth-order valence-corrected chi connectivity index (χ4v) is 4.47. The van der Waals surface area contributed by atoms with Gasteiger partial charge in [-0.3, -0.25) is 14.5 Å². The number of amides is 1. The van der Waals surface area contributed by atoms with E-state index in [4.69, 9.17) is 18.6 Å². The molecule has 7 heteroatoms. The highest BCUT2D eigenvalue weighted by Crippen LogP contribution is 2.43. The lowest BCUT2D eigenvalue weighted by Crippen LogP contribution is -2.29. The third kappa shape index (κ3) is 3.96. The van der Waals surface area contributed by atoms with Gasteiger partial charge in [0.25, 0.3) is 5.91 Å². The van der Waals surface area contributed by atoms with Crippen LogP contribution in [0.1, 0.15) is 41.6 Å². The molecule has 1 amide bonds. The third-order valence-electron chi connectivity index (χ3n) is 6.20. The van der Waals surface area contributed by atoms with E-state index < -0.39 is 6.04 Å². The van der Waals surface area contributed by atoms with E-state index in [0.29, 0.717) is 57.6 Å². The van der Waals surface area contributed by atoms with Crippen molar-refractivity contribution in [2.45, 2.75) is 19.9 Å². The standard InChI is InChI=1S/C29H27NO6/c1-17(2)16-35-23-14-9-18(15-24(23)34-4)26-25-27(31)21-7-5-6-8-22(21)36-28(25)29(32)30(26)19-10-12-20(33-3)13-11-19/h5-15,17,26H,16H2,1-4H3. The highest BCUT2D eigenvalue weighted by molar-refractivity contribution is 6.10. The predicted octanol–water partition coefficient (Wildman–Crippen LogP) is 5.59. The van der Waals surface area contributed by atoms with Crippen LogP contribution in [-0.2, 0) is 0 Å². The van der Waals surface area contributed by atoms with E-state index in [0.717, 1.165) is 0 Å². The summed E-state index contributed by atoms with van der Waals surface area (Å²) < 4.78 is 22.8. The fraction of sp³-hybridized carbons (Fsp3) is 0.241. The number of para-hydroxylation sites is 1. The minimum atomic E-state index is -0.713. The summed E-state index contributed by atoms with van der Waals surface area (Å²) in [4.78, 5) is 29.0. The van der Waals surface area contributed by atoms with Crippen molar-refractivity contribution < 1.29 is 23.4 Å². The van der Waals surface area contributed by atoms with Gasteiger partial charge in [-0.1, -0.05) is 32.0 Å². The van der Waals surface area contributed by atoms with Gasteiger partial charge in [-0.15, -0.1) is 0 Å². The maximum Gasteiger partial charge on any atom is 0.295 e. The maximum atomic E-state index is 13.7. The van der Waals surface area contributed by atoms with Crippen LogP contribution in [0.25, 0.3) is 11.0 Å². The Balaban J connectivity index is 1.70. The molecule has 0 saturated carbocycles. The number of rotatable bonds is 7. The first kappa shape index (κ1) is 23.5. The number of hydrogen-bond donors (Lipinski definition) is 0. The lowest BCUT2D eigenvalue weighted by atomic mass is 9.97. The van der Waals surface area contributed by atoms with Crippen LogP contribution in [0.5, 0.6) is 17.2 Å². The molecule has 1 aliphatic heterocycles. The summed E-state index contributed by atoms with van der Waals surface area (Å²) in [6, 6.07) is 18.9. The Labute approximate surface area is 208 Å².